The van der Waals surface area contributed by atoms with Gasteiger partial charge in [0, 0.05) is 0 Å². The van der Waals surface area contributed by atoms with E-state index in [4.69, 9.17) is 4.74 Å². The van der Waals surface area contributed by atoms with Crippen LogP contribution >= 0.6 is 0 Å². The zero-order valence-corrected chi connectivity index (χ0v) is 11.4. The highest BCUT2D eigenvalue weighted by atomic mass is 32.2. The first kappa shape index (κ1) is 14.7. The SMILES string of the molecule is CCOC(=O)C(CC)S(=O)(=O)Cc1ccccc1. The summed E-state index contributed by atoms with van der Waals surface area (Å²) in [7, 11) is -3.52. The number of benzene rings is 1. The van der Waals surface area contributed by atoms with Crippen molar-refractivity contribution in [3.05, 3.63) is 35.9 Å². The van der Waals surface area contributed by atoms with Crippen LogP contribution in [0.25, 0.3) is 0 Å². The summed E-state index contributed by atoms with van der Waals surface area (Å²) in [6.45, 7) is 3.52. The van der Waals surface area contributed by atoms with Crippen molar-refractivity contribution in [1.29, 1.82) is 0 Å². The lowest BCUT2D eigenvalue weighted by molar-refractivity contribution is -0.142. The molecule has 0 N–H and O–H groups in total. The van der Waals surface area contributed by atoms with Gasteiger partial charge in [-0.3, -0.25) is 4.79 Å². The van der Waals surface area contributed by atoms with Crippen LogP contribution in [0.1, 0.15) is 25.8 Å². The second-order valence-corrected chi connectivity index (χ2v) is 6.13. The first-order valence-corrected chi connectivity index (χ1v) is 7.65. The maximum atomic E-state index is 12.1. The fourth-order valence-electron chi connectivity index (χ4n) is 1.71. The predicted octanol–water partition coefficient (Wildman–Crippen LogP) is 1.94. The number of ether oxygens (including phenoxy) is 1. The zero-order valence-electron chi connectivity index (χ0n) is 10.6. The quantitative estimate of drug-likeness (QED) is 0.741. The van der Waals surface area contributed by atoms with Gasteiger partial charge in [-0.1, -0.05) is 37.3 Å². The molecule has 0 aliphatic heterocycles. The molecule has 4 nitrogen and oxygen atoms in total. The van der Waals surface area contributed by atoms with E-state index in [9.17, 15) is 13.2 Å². The standard InChI is InChI=1S/C13H18O4S/c1-3-12(13(14)17-4-2)18(15,16)10-11-8-6-5-7-9-11/h5-9,12H,3-4,10H2,1-2H3. The summed E-state index contributed by atoms with van der Waals surface area (Å²) in [4.78, 5) is 11.6. The highest BCUT2D eigenvalue weighted by Crippen LogP contribution is 2.15. The van der Waals surface area contributed by atoms with Crippen LogP contribution in [-0.4, -0.2) is 26.2 Å². The van der Waals surface area contributed by atoms with Gasteiger partial charge >= 0.3 is 5.97 Å². The summed E-state index contributed by atoms with van der Waals surface area (Å²) in [6, 6.07) is 8.83. The van der Waals surface area contributed by atoms with E-state index in [0.717, 1.165) is 0 Å². The third-order valence-corrected chi connectivity index (χ3v) is 4.69. The van der Waals surface area contributed by atoms with Gasteiger partial charge in [-0.25, -0.2) is 8.42 Å². The average Bonchev–Trinajstić information content (AvgIpc) is 2.30. The second kappa shape index (κ2) is 6.54. The maximum absolute atomic E-state index is 12.1. The Morgan fingerprint density at radius 3 is 2.33 bits per heavy atom. The maximum Gasteiger partial charge on any atom is 0.324 e. The number of carbonyl (C=O) groups excluding carboxylic acids is 1. The van der Waals surface area contributed by atoms with Crippen molar-refractivity contribution in [3.8, 4) is 0 Å². The van der Waals surface area contributed by atoms with Gasteiger partial charge in [0.15, 0.2) is 15.1 Å². The normalized spacial score (nSPS) is 13.0. The fraction of sp³-hybridized carbons (Fsp3) is 0.462. The Labute approximate surface area is 108 Å². The molecule has 1 rings (SSSR count). The summed E-state index contributed by atoms with van der Waals surface area (Å²) in [5, 5.41) is -1.07. The Hall–Kier alpha value is -1.36. The van der Waals surface area contributed by atoms with Crippen molar-refractivity contribution in [3.63, 3.8) is 0 Å². The number of hydrogen-bond donors (Lipinski definition) is 0. The van der Waals surface area contributed by atoms with Crippen molar-refractivity contribution in [2.45, 2.75) is 31.3 Å². The van der Waals surface area contributed by atoms with Gasteiger partial charge < -0.3 is 4.74 Å². The third-order valence-electron chi connectivity index (χ3n) is 2.56. The number of sulfone groups is 1. The summed E-state index contributed by atoms with van der Waals surface area (Å²) in [6.07, 6.45) is 0.230. The molecule has 18 heavy (non-hydrogen) atoms. The molecule has 0 spiro atoms. The first-order chi connectivity index (χ1) is 8.51. The van der Waals surface area contributed by atoms with Crippen LogP contribution in [-0.2, 0) is 25.1 Å². The molecule has 0 radical (unpaired) electrons. The number of rotatable bonds is 6. The molecule has 0 aliphatic carbocycles. The summed E-state index contributed by atoms with van der Waals surface area (Å²) < 4.78 is 29.1. The average molecular weight is 270 g/mol. The van der Waals surface area contributed by atoms with E-state index in [2.05, 4.69) is 0 Å². The Morgan fingerprint density at radius 1 is 1.22 bits per heavy atom. The molecule has 1 atom stereocenters. The molecular weight excluding hydrogens is 252 g/mol. The van der Waals surface area contributed by atoms with Crippen LogP contribution < -0.4 is 0 Å². The summed E-state index contributed by atoms with van der Waals surface area (Å²) in [5.41, 5.74) is 0.681. The van der Waals surface area contributed by atoms with Crippen LogP contribution in [0.3, 0.4) is 0 Å². The van der Waals surface area contributed by atoms with Gasteiger partial charge in [0.2, 0.25) is 0 Å². The molecule has 0 saturated carbocycles. The Balaban J connectivity index is 2.87. The highest BCUT2D eigenvalue weighted by Gasteiger charge is 2.32. The van der Waals surface area contributed by atoms with Crippen LogP contribution in [0.4, 0.5) is 0 Å². The molecule has 1 aromatic carbocycles. The smallest absolute Gasteiger partial charge is 0.324 e. The zero-order chi connectivity index (χ0) is 13.6. The largest absolute Gasteiger partial charge is 0.465 e. The molecule has 0 aliphatic rings. The van der Waals surface area contributed by atoms with Crippen LogP contribution in [0.2, 0.25) is 0 Å². The minimum absolute atomic E-state index is 0.134. The fourth-order valence-corrected chi connectivity index (χ4v) is 3.44. The summed E-state index contributed by atoms with van der Waals surface area (Å²) in [5.74, 6) is -0.790. The van der Waals surface area contributed by atoms with Gasteiger partial charge in [-0.15, -0.1) is 0 Å². The predicted molar refractivity (Wildman–Crippen MR) is 69.8 cm³/mol. The van der Waals surface area contributed by atoms with Crippen LogP contribution in [0, 0.1) is 0 Å². The van der Waals surface area contributed by atoms with Crippen molar-refractivity contribution in [2.75, 3.05) is 6.61 Å². The molecule has 100 valence electrons. The Bertz CT molecular complexity index is 479. The molecule has 1 unspecified atom stereocenters. The second-order valence-electron chi connectivity index (χ2n) is 3.94. The minimum atomic E-state index is -3.52. The molecule has 0 amide bonds. The lowest BCUT2D eigenvalue weighted by Gasteiger charge is -2.14. The van der Waals surface area contributed by atoms with E-state index in [0.29, 0.717) is 5.56 Å². The Kier molecular flexibility index (Phi) is 5.34. The van der Waals surface area contributed by atoms with Crippen molar-refractivity contribution in [1.82, 2.24) is 0 Å². The van der Waals surface area contributed by atoms with E-state index in [1.807, 2.05) is 6.07 Å². The monoisotopic (exact) mass is 270 g/mol. The lowest BCUT2D eigenvalue weighted by atomic mass is 10.2. The van der Waals surface area contributed by atoms with Crippen LogP contribution in [0.5, 0.6) is 0 Å². The van der Waals surface area contributed by atoms with E-state index in [-0.39, 0.29) is 18.8 Å². The molecular formula is C13H18O4S. The number of esters is 1. The van der Waals surface area contributed by atoms with Gasteiger partial charge in [-0.05, 0) is 18.9 Å². The van der Waals surface area contributed by atoms with E-state index in [1.165, 1.54) is 0 Å². The Morgan fingerprint density at radius 2 is 1.83 bits per heavy atom. The van der Waals surface area contributed by atoms with Crippen molar-refractivity contribution >= 4 is 15.8 Å². The molecule has 0 bridgehead atoms. The number of hydrogen-bond acceptors (Lipinski definition) is 4. The van der Waals surface area contributed by atoms with E-state index >= 15 is 0 Å². The topological polar surface area (TPSA) is 60.4 Å². The minimum Gasteiger partial charge on any atom is -0.465 e. The highest BCUT2D eigenvalue weighted by molar-refractivity contribution is 7.92. The van der Waals surface area contributed by atoms with Gasteiger partial charge in [-0.2, -0.15) is 0 Å². The summed E-state index contributed by atoms with van der Waals surface area (Å²) >= 11 is 0. The molecule has 0 saturated heterocycles. The lowest BCUT2D eigenvalue weighted by Crippen LogP contribution is -2.32. The van der Waals surface area contributed by atoms with Crippen LogP contribution in [0.15, 0.2) is 30.3 Å². The van der Waals surface area contributed by atoms with Crippen molar-refractivity contribution in [2.24, 2.45) is 0 Å². The number of carbonyl (C=O) groups is 1. The van der Waals surface area contributed by atoms with Gasteiger partial charge in [0.05, 0.1) is 12.4 Å². The van der Waals surface area contributed by atoms with E-state index in [1.54, 1.807) is 38.1 Å². The molecule has 0 fully saturated rings. The molecule has 1 aromatic rings. The molecule has 0 aromatic heterocycles. The molecule has 5 heteroatoms. The van der Waals surface area contributed by atoms with Crippen molar-refractivity contribution < 1.29 is 17.9 Å². The first-order valence-electron chi connectivity index (χ1n) is 5.93. The molecule has 0 heterocycles. The van der Waals surface area contributed by atoms with Gasteiger partial charge in [0.1, 0.15) is 0 Å². The van der Waals surface area contributed by atoms with Gasteiger partial charge in [0.25, 0.3) is 0 Å². The third kappa shape index (κ3) is 3.84. The van der Waals surface area contributed by atoms with E-state index < -0.39 is 21.1 Å².